The molecule has 0 saturated heterocycles. The van der Waals surface area contributed by atoms with Gasteiger partial charge in [-0.05, 0) is 49.6 Å². The van der Waals surface area contributed by atoms with Crippen LogP contribution >= 0.6 is 0 Å². The van der Waals surface area contributed by atoms with Crippen LogP contribution in [-0.4, -0.2) is 23.6 Å². The summed E-state index contributed by atoms with van der Waals surface area (Å²) in [5.41, 5.74) is 8.83. The molecule has 0 amide bonds. The lowest BCUT2D eigenvalue weighted by Gasteiger charge is -2.10. The van der Waals surface area contributed by atoms with E-state index in [4.69, 9.17) is 15.5 Å². The number of fused-ring (bicyclic) bond motifs is 2. The number of nitrogens with two attached hydrogens (primary N) is 1. The summed E-state index contributed by atoms with van der Waals surface area (Å²) in [7, 11) is 1.61. The zero-order valence-corrected chi connectivity index (χ0v) is 15.6. The fourth-order valence-electron chi connectivity index (χ4n) is 3.64. The lowest BCUT2D eigenvalue weighted by atomic mass is 10.0. The van der Waals surface area contributed by atoms with Gasteiger partial charge >= 0.3 is 0 Å². The third-order valence-corrected chi connectivity index (χ3v) is 4.97. The fraction of sp³-hybridized carbons (Fsp3) is 0.227. The van der Waals surface area contributed by atoms with Gasteiger partial charge in [0.15, 0.2) is 0 Å². The van der Waals surface area contributed by atoms with Crippen molar-refractivity contribution in [2.24, 2.45) is 5.73 Å². The summed E-state index contributed by atoms with van der Waals surface area (Å²) in [6, 6.07) is 11.8. The average Bonchev–Trinajstić information content (AvgIpc) is 3.06. The van der Waals surface area contributed by atoms with E-state index in [1.807, 2.05) is 30.3 Å². The Labute approximate surface area is 161 Å². The molecule has 4 nitrogen and oxygen atoms in total. The van der Waals surface area contributed by atoms with E-state index in [2.05, 4.69) is 4.98 Å². The number of hydrogen-bond donors (Lipinski definition) is 2. The average molecular weight is 381 g/mol. The molecule has 4 aromatic rings. The van der Waals surface area contributed by atoms with Crippen LogP contribution in [0.5, 0.6) is 5.75 Å². The van der Waals surface area contributed by atoms with Crippen LogP contribution in [0.4, 0.5) is 8.78 Å². The van der Waals surface area contributed by atoms with Crippen molar-refractivity contribution < 1.29 is 13.5 Å². The van der Waals surface area contributed by atoms with Crippen LogP contribution in [0.2, 0.25) is 0 Å². The van der Waals surface area contributed by atoms with Crippen molar-refractivity contribution in [1.82, 2.24) is 9.97 Å². The van der Waals surface area contributed by atoms with Crippen LogP contribution in [0.1, 0.15) is 18.4 Å². The maximum absolute atomic E-state index is 14.4. The van der Waals surface area contributed by atoms with Crippen molar-refractivity contribution in [3.8, 4) is 17.1 Å². The quantitative estimate of drug-likeness (QED) is 0.465. The predicted octanol–water partition coefficient (Wildman–Crippen LogP) is 4.95. The molecule has 3 N–H and O–H groups in total. The summed E-state index contributed by atoms with van der Waals surface area (Å²) in [5.74, 6) is -0.535. The third-order valence-electron chi connectivity index (χ3n) is 4.97. The second kappa shape index (κ2) is 7.56. The molecular weight excluding hydrogens is 360 g/mol. The van der Waals surface area contributed by atoms with Crippen LogP contribution in [-0.2, 0) is 6.42 Å². The zero-order valence-electron chi connectivity index (χ0n) is 15.6. The Balaban J connectivity index is 1.96. The number of para-hydroxylation sites is 1. The highest BCUT2D eigenvalue weighted by Crippen LogP contribution is 2.36. The lowest BCUT2D eigenvalue weighted by molar-refractivity contribution is 0.419. The predicted molar refractivity (Wildman–Crippen MR) is 107 cm³/mol. The first-order chi connectivity index (χ1) is 13.6. The molecule has 6 heteroatoms. The van der Waals surface area contributed by atoms with Crippen molar-refractivity contribution in [1.29, 1.82) is 0 Å². The van der Waals surface area contributed by atoms with E-state index in [0.29, 0.717) is 35.5 Å². The van der Waals surface area contributed by atoms with E-state index in [9.17, 15) is 8.78 Å². The largest absolute Gasteiger partial charge is 0.496 e. The number of hydrogen-bond acceptors (Lipinski definition) is 3. The summed E-state index contributed by atoms with van der Waals surface area (Å²) in [4.78, 5) is 7.87. The molecule has 0 aliphatic rings. The van der Waals surface area contributed by atoms with Crippen molar-refractivity contribution in [2.75, 3.05) is 13.7 Å². The summed E-state index contributed by atoms with van der Waals surface area (Å²) in [6.45, 7) is 0.572. The summed E-state index contributed by atoms with van der Waals surface area (Å²) in [6.07, 6.45) is 2.30. The number of ether oxygens (including phenoxy) is 1. The second-order valence-electron chi connectivity index (χ2n) is 6.76. The number of benzene rings is 2. The molecule has 144 valence electrons. The number of nitrogens with one attached hydrogen (secondary N) is 1. The van der Waals surface area contributed by atoms with Gasteiger partial charge in [-0.3, -0.25) is 0 Å². The maximum atomic E-state index is 14.4. The lowest BCUT2D eigenvalue weighted by Crippen LogP contribution is -2.00. The molecule has 0 unspecified atom stereocenters. The van der Waals surface area contributed by atoms with Gasteiger partial charge in [-0.1, -0.05) is 12.1 Å². The monoisotopic (exact) mass is 381 g/mol. The van der Waals surface area contributed by atoms with Gasteiger partial charge in [0.25, 0.3) is 0 Å². The second-order valence-corrected chi connectivity index (χ2v) is 6.76. The molecule has 0 aliphatic carbocycles. The molecule has 0 saturated carbocycles. The Bertz CT molecular complexity index is 1150. The van der Waals surface area contributed by atoms with E-state index in [1.54, 1.807) is 7.11 Å². The third kappa shape index (κ3) is 3.20. The SMILES string of the molecule is COc1cc(-c2[nH]c3c(F)cc(F)cc3c2CCCCN)nc2ccccc12. The first-order valence-corrected chi connectivity index (χ1v) is 9.26. The minimum atomic E-state index is -0.617. The number of nitrogens with zero attached hydrogens (tertiary/aromatic N) is 1. The summed E-state index contributed by atoms with van der Waals surface area (Å²) < 4.78 is 33.8. The highest BCUT2D eigenvalue weighted by atomic mass is 19.1. The molecule has 0 fully saturated rings. The van der Waals surface area contributed by atoms with Gasteiger partial charge in [-0.2, -0.15) is 0 Å². The zero-order chi connectivity index (χ0) is 19.7. The number of methoxy groups -OCH3 is 1. The Hall–Kier alpha value is -2.99. The number of aromatic amines is 1. The van der Waals surface area contributed by atoms with Crippen molar-refractivity contribution >= 4 is 21.8 Å². The number of pyridine rings is 1. The van der Waals surface area contributed by atoms with Gasteiger partial charge in [0.1, 0.15) is 17.4 Å². The van der Waals surface area contributed by atoms with Crippen LogP contribution < -0.4 is 10.5 Å². The first-order valence-electron chi connectivity index (χ1n) is 9.26. The number of H-pyrrole nitrogens is 1. The van der Waals surface area contributed by atoms with Crippen molar-refractivity contribution in [3.63, 3.8) is 0 Å². The summed E-state index contributed by atoms with van der Waals surface area (Å²) >= 11 is 0. The first kappa shape index (κ1) is 18.4. The van der Waals surface area contributed by atoms with Gasteiger partial charge in [-0.15, -0.1) is 0 Å². The smallest absolute Gasteiger partial charge is 0.150 e. The number of halogens is 2. The molecule has 0 bridgehead atoms. The van der Waals surface area contributed by atoms with Crippen LogP contribution in [0.15, 0.2) is 42.5 Å². The van der Waals surface area contributed by atoms with Crippen molar-refractivity contribution in [2.45, 2.75) is 19.3 Å². The Morgan fingerprint density at radius 3 is 2.68 bits per heavy atom. The molecule has 2 heterocycles. The van der Waals surface area contributed by atoms with Gasteiger partial charge in [-0.25, -0.2) is 13.8 Å². The van der Waals surface area contributed by atoms with Gasteiger partial charge < -0.3 is 15.5 Å². The molecule has 2 aromatic heterocycles. The number of rotatable bonds is 6. The van der Waals surface area contributed by atoms with Crippen LogP contribution in [0.3, 0.4) is 0 Å². The molecule has 2 aromatic carbocycles. The topological polar surface area (TPSA) is 63.9 Å². The fourth-order valence-corrected chi connectivity index (χ4v) is 3.64. The van der Waals surface area contributed by atoms with Gasteiger partial charge in [0.05, 0.1) is 29.5 Å². The molecule has 4 rings (SSSR count). The van der Waals surface area contributed by atoms with E-state index in [1.165, 1.54) is 6.07 Å². The minimum Gasteiger partial charge on any atom is -0.496 e. The maximum Gasteiger partial charge on any atom is 0.150 e. The molecule has 0 atom stereocenters. The standard InChI is InChI=1S/C22H21F2N3O/c1-28-20-12-19(26-18-8-3-2-7-15(18)20)22-14(6-4-5-9-25)16-10-13(23)11-17(24)21(16)27-22/h2-3,7-8,10-12,27H,4-6,9,25H2,1H3. The molecular formula is C22H21F2N3O. The molecule has 0 spiro atoms. The highest BCUT2D eigenvalue weighted by Gasteiger charge is 2.19. The van der Waals surface area contributed by atoms with Crippen LogP contribution in [0.25, 0.3) is 33.2 Å². The van der Waals surface area contributed by atoms with E-state index >= 15 is 0 Å². The van der Waals surface area contributed by atoms with E-state index < -0.39 is 11.6 Å². The Morgan fingerprint density at radius 1 is 1.07 bits per heavy atom. The summed E-state index contributed by atoms with van der Waals surface area (Å²) in [5, 5.41) is 1.44. The number of unbranched alkanes of at least 4 members (excludes halogenated alkanes) is 1. The van der Waals surface area contributed by atoms with E-state index in [0.717, 1.165) is 35.4 Å². The minimum absolute atomic E-state index is 0.285. The van der Waals surface area contributed by atoms with E-state index in [-0.39, 0.29) is 5.52 Å². The highest BCUT2D eigenvalue weighted by molar-refractivity contribution is 5.93. The number of aromatic nitrogens is 2. The van der Waals surface area contributed by atoms with Gasteiger partial charge in [0.2, 0.25) is 0 Å². The number of aryl methyl sites for hydroxylation is 1. The normalized spacial score (nSPS) is 11.4. The molecule has 28 heavy (non-hydrogen) atoms. The Kier molecular flexibility index (Phi) is 4.96. The molecule has 0 aliphatic heterocycles. The Morgan fingerprint density at radius 2 is 1.89 bits per heavy atom. The van der Waals surface area contributed by atoms with Gasteiger partial charge in [0, 0.05) is 22.9 Å². The van der Waals surface area contributed by atoms with Crippen molar-refractivity contribution in [3.05, 3.63) is 59.7 Å². The van der Waals surface area contributed by atoms with Crippen LogP contribution in [0, 0.1) is 11.6 Å². The molecule has 0 radical (unpaired) electrons.